The maximum atomic E-state index is 13.7. The standard InChI is InChI=1S/C14H18BrFN2O/c1-18(9-14(8-17)5-2-6-14)13(19)11-7-10(15)3-4-12(11)16/h3-4,7H,2,5-6,8-9,17H2,1H3. The maximum Gasteiger partial charge on any atom is 0.256 e. The van der Waals surface area contributed by atoms with E-state index >= 15 is 0 Å². The number of hydrogen-bond donors (Lipinski definition) is 1. The first-order chi connectivity index (χ1) is 8.97. The maximum absolute atomic E-state index is 13.7. The first kappa shape index (κ1) is 14.5. The van der Waals surface area contributed by atoms with E-state index in [-0.39, 0.29) is 16.9 Å². The molecule has 2 rings (SSSR count). The first-order valence-electron chi connectivity index (χ1n) is 6.38. The van der Waals surface area contributed by atoms with Gasteiger partial charge in [0.1, 0.15) is 5.82 Å². The number of halogens is 2. The fourth-order valence-corrected chi connectivity index (χ4v) is 2.91. The fraction of sp³-hybridized carbons (Fsp3) is 0.500. The molecule has 0 aliphatic heterocycles. The molecule has 0 radical (unpaired) electrons. The zero-order chi connectivity index (χ0) is 14.0. The minimum atomic E-state index is -0.490. The van der Waals surface area contributed by atoms with Gasteiger partial charge in [0.2, 0.25) is 0 Å². The van der Waals surface area contributed by atoms with Gasteiger partial charge in [-0.25, -0.2) is 4.39 Å². The van der Waals surface area contributed by atoms with Crippen molar-refractivity contribution in [2.24, 2.45) is 11.1 Å². The van der Waals surface area contributed by atoms with Gasteiger partial charge in [0.05, 0.1) is 5.56 Å². The predicted octanol–water partition coefficient (Wildman–Crippen LogP) is 2.79. The molecule has 1 aliphatic carbocycles. The Balaban J connectivity index is 2.12. The zero-order valence-corrected chi connectivity index (χ0v) is 12.5. The summed E-state index contributed by atoms with van der Waals surface area (Å²) in [5.41, 5.74) is 5.93. The molecular formula is C14H18BrFN2O. The third-order valence-corrected chi connectivity index (χ3v) is 4.42. The quantitative estimate of drug-likeness (QED) is 0.923. The van der Waals surface area contributed by atoms with Crippen molar-refractivity contribution in [2.75, 3.05) is 20.1 Å². The third kappa shape index (κ3) is 2.98. The smallest absolute Gasteiger partial charge is 0.256 e. The Hall–Kier alpha value is -0.940. The Bertz CT molecular complexity index is 483. The van der Waals surface area contributed by atoms with Crippen molar-refractivity contribution < 1.29 is 9.18 Å². The lowest BCUT2D eigenvalue weighted by Gasteiger charge is -2.43. The van der Waals surface area contributed by atoms with Gasteiger partial charge in [-0.15, -0.1) is 0 Å². The predicted molar refractivity (Wildman–Crippen MR) is 76.4 cm³/mol. The third-order valence-electron chi connectivity index (χ3n) is 3.93. The van der Waals surface area contributed by atoms with Gasteiger partial charge >= 0.3 is 0 Å². The molecule has 0 spiro atoms. The lowest BCUT2D eigenvalue weighted by Crippen LogP contribution is -2.47. The van der Waals surface area contributed by atoms with Crippen LogP contribution in [-0.4, -0.2) is 30.9 Å². The molecule has 1 aromatic carbocycles. The first-order valence-corrected chi connectivity index (χ1v) is 7.17. The van der Waals surface area contributed by atoms with Crippen LogP contribution in [0.2, 0.25) is 0 Å². The lowest BCUT2D eigenvalue weighted by atomic mass is 9.68. The highest BCUT2D eigenvalue weighted by atomic mass is 79.9. The second-order valence-electron chi connectivity index (χ2n) is 5.34. The van der Waals surface area contributed by atoms with Crippen LogP contribution in [0, 0.1) is 11.2 Å². The van der Waals surface area contributed by atoms with E-state index < -0.39 is 5.82 Å². The number of carbonyl (C=O) groups excluding carboxylic acids is 1. The van der Waals surface area contributed by atoms with Crippen LogP contribution < -0.4 is 5.73 Å². The minimum absolute atomic E-state index is 0.0346. The molecule has 0 atom stereocenters. The number of hydrogen-bond acceptors (Lipinski definition) is 2. The van der Waals surface area contributed by atoms with Crippen LogP contribution in [0.25, 0.3) is 0 Å². The molecule has 0 unspecified atom stereocenters. The molecule has 5 heteroatoms. The average molecular weight is 329 g/mol. The van der Waals surface area contributed by atoms with Gasteiger partial charge in [-0.1, -0.05) is 22.4 Å². The Kier molecular flexibility index (Phi) is 4.26. The molecule has 0 saturated heterocycles. The summed E-state index contributed by atoms with van der Waals surface area (Å²) in [6, 6.07) is 4.40. The summed E-state index contributed by atoms with van der Waals surface area (Å²) in [4.78, 5) is 13.9. The molecule has 1 amide bonds. The SMILES string of the molecule is CN(CC1(CN)CCC1)C(=O)c1cc(Br)ccc1F. The Morgan fingerprint density at radius 1 is 1.53 bits per heavy atom. The summed E-state index contributed by atoms with van der Waals surface area (Å²) in [6.07, 6.45) is 3.24. The molecule has 2 N–H and O–H groups in total. The summed E-state index contributed by atoms with van der Waals surface area (Å²) in [6.45, 7) is 1.17. The molecule has 3 nitrogen and oxygen atoms in total. The van der Waals surface area contributed by atoms with Gasteiger partial charge < -0.3 is 10.6 Å². The van der Waals surface area contributed by atoms with Crippen LogP contribution in [0.5, 0.6) is 0 Å². The molecule has 1 aromatic rings. The van der Waals surface area contributed by atoms with Gasteiger partial charge in [0.25, 0.3) is 5.91 Å². The normalized spacial score (nSPS) is 16.8. The molecule has 0 heterocycles. The Morgan fingerprint density at radius 2 is 2.21 bits per heavy atom. The molecule has 0 aromatic heterocycles. The van der Waals surface area contributed by atoms with E-state index in [0.717, 1.165) is 19.3 Å². The van der Waals surface area contributed by atoms with Crippen LogP contribution in [0.4, 0.5) is 4.39 Å². The molecule has 104 valence electrons. The van der Waals surface area contributed by atoms with Crippen molar-refractivity contribution >= 4 is 21.8 Å². The summed E-state index contributed by atoms with van der Waals surface area (Å²) >= 11 is 3.26. The average Bonchev–Trinajstić information content (AvgIpc) is 2.35. The number of amides is 1. The largest absolute Gasteiger partial charge is 0.341 e. The van der Waals surface area contributed by atoms with Crippen molar-refractivity contribution in [3.8, 4) is 0 Å². The Labute approximate surface area is 121 Å². The van der Waals surface area contributed by atoms with Crippen molar-refractivity contribution in [1.82, 2.24) is 4.90 Å². The van der Waals surface area contributed by atoms with Gasteiger partial charge in [-0.2, -0.15) is 0 Å². The summed E-state index contributed by atoms with van der Waals surface area (Å²) in [5, 5.41) is 0. The number of nitrogens with zero attached hydrogens (tertiary/aromatic N) is 1. The summed E-state index contributed by atoms with van der Waals surface area (Å²) in [7, 11) is 1.71. The van der Waals surface area contributed by atoms with Crippen molar-refractivity contribution in [1.29, 1.82) is 0 Å². The van der Waals surface area contributed by atoms with Crippen molar-refractivity contribution in [3.63, 3.8) is 0 Å². The van der Waals surface area contributed by atoms with E-state index in [1.54, 1.807) is 18.0 Å². The minimum Gasteiger partial charge on any atom is -0.341 e. The van der Waals surface area contributed by atoms with E-state index in [4.69, 9.17) is 5.73 Å². The second-order valence-corrected chi connectivity index (χ2v) is 6.26. The Morgan fingerprint density at radius 3 is 2.74 bits per heavy atom. The highest BCUT2D eigenvalue weighted by Crippen LogP contribution is 2.40. The van der Waals surface area contributed by atoms with Crippen LogP contribution >= 0.6 is 15.9 Å². The fourth-order valence-electron chi connectivity index (χ4n) is 2.55. The topological polar surface area (TPSA) is 46.3 Å². The van der Waals surface area contributed by atoms with Gasteiger partial charge in [0, 0.05) is 23.5 Å². The van der Waals surface area contributed by atoms with Crippen LogP contribution in [0.1, 0.15) is 29.6 Å². The van der Waals surface area contributed by atoms with E-state index in [0.29, 0.717) is 17.6 Å². The molecule has 0 bridgehead atoms. The zero-order valence-electron chi connectivity index (χ0n) is 11.0. The monoisotopic (exact) mass is 328 g/mol. The number of rotatable bonds is 4. The van der Waals surface area contributed by atoms with Crippen LogP contribution in [-0.2, 0) is 0 Å². The number of nitrogens with two attached hydrogens (primary N) is 1. The van der Waals surface area contributed by atoms with Crippen LogP contribution in [0.15, 0.2) is 22.7 Å². The molecule has 1 aliphatic rings. The van der Waals surface area contributed by atoms with Crippen molar-refractivity contribution in [3.05, 3.63) is 34.1 Å². The highest BCUT2D eigenvalue weighted by Gasteiger charge is 2.37. The summed E-state index contributed by atoms with van der Waals surface area (Å²) in [5.74, 6) is -0.783. The van der Waals surface area contributed by atoms with Gasteiger partial charge in [0.15, 0.2) is 0 Å². The second kappa shape index (κ2) is 5.59. The lowest BCUT2D eigenvalue weighted by molar-refractivity contribution is 0.0564. The van der Waals surface area contributed by atoms with Crippen molar-refractivity contribution in [2.45, 2.75) is 19.3 Å². The van der Waals surface area contributed by atoms with E-state index in [1.165, 1.54) is 12.1 Å². The van der Waals surface area contributed by atoms with Crippen LogP contribution in [0.3, 0.4) is 0 Å². The summed E-state index contributed by atoms with van der Waals surface area (Å²) < 4.78 is 14.4. The molecule has 1 saturated carbocycles. The number of benzene rings is 1. The van der Waals surface area contributed by atoms with Gasteiger partial charge in [-0.3, -0.25) is 4.79 Å². The van der Waals surface area contributed by atoms with E-state index in [2.05, 4.69) is 15.9 Å². The molecule has 1 fully saturated rings. The van der Waals surface area contributed by atoms with E-state index in [1.807, 2.05) is 0 Å². The number of carbonyl (C=O) groups is 1. The molecular weight excluding hydrogens is 311 g/mol. The molecule has 19 heavy (non-hydrogen) atoms. The van der Waals surface area contributed by atoms with E-state index in [9.17, 15) is 9.18 Å². The highest BCUT2D eigenvalue weighted by molar-refractivity contribution is 9.10. The van der Waals surface area contributed by atoms with Gasteiger partial charge in [-0.05, 0) is 37.6 Å².